The highest BCUT2D eigenvalue weighted by molar-refractivity contribution is 6.32. The molecular weight excluding hydrogens is 182 g/mol. The first-order valence-electron chi connectivity index (χ1n) is 5.04. The smallest absolute Gasteiger partial charge is 0.396 e. The summed E-state index contributed by atoms with van der Waals surface area (Å²) in [6.07, 6.45) is 4.73. The van der Waals surface area contributed by atoms with Crippen LogP contribution in [0.3, 0.4) is 0 Å². The fourth-order valence-corrected chi connectivity index (χ4v) is 2.41. The number of carbonyl (C=O) groups is 2. The van der Waals surface area contributed by atoms with E-state index in [1.807, 2.05) is 0 Å². The molecule has 2 rings (SSSR count). The predicted octanol–water partition coefficient (Wildman–Crippen LogP) is 0.562. The normalized spacial score (nSPS) is 23.4. The first kappa shape index (κ1) is 9.49. The number of amides is 1. The number of carbonyl (C=O) groups excluding carboxylic acids is 2. The quantitative estimate of drug-likeness (QED) is 0.421. The number of hydrogen-bond acceptors (Lipinski definition) is 3. The van der Waals surface area contributed by atoms with E-state index < -0.39 is 11.9 Å². The van der Waals surface area contributed by atoms with Crippen molar-refractivity contribution in [3.8, 4) is 0 Å². The third-order valence-electron chi connectivity index (χ3n) is 3.50. The second kappa shape index (κ2) is 3.26. The standard InChI is InChI=1S/C10H15NO3/c1-14-9(13)8(12)11-6-5-10(7-11)3-2-4-10/h2-7H2,1H3. The molecule has 0 radical (unpaired) electrons. The Morgan fingerprint density at radius 1 is 1.29 bits per heavy atom. The Bertz CT molecular complexity index is 271. The number of nitrogens with zero attached hydrogens (tertiary/aromatic N) is 1. The highest BCUT2D eigenvalue weighted by Gasteiger charge is 2.45. The summed E-state index contributed by atoms with van der Waals surface area (Å²) in [6, 6.07) is 0. The minimum atomic E-state index is -0.735. The highest BCUT2D eigenvalue weighted by Crippen LogP contribution is 2.47. The Labute approximate surface area is 83.2 Å². The molecule has 1 saturated heterocycles. The van der Waals surface area contributed by atoms with Crippen LogP contribution < -0.4 is 0 Å². The van der Waals surface area contributed by atoms with Crippen LogP contribution in [0.1, 0.15) is 25.7 Å². The molecule has 1 spiro atoms. The lowest BCUT2D eigenvalue weighted by Gasteiger charge is -2.37. The molecule has 0 unspecified atom stereocenters. The molecule has 1 heterocycles. The number of methoxy groups -OCH3 is 1. The van der Waals surface area contributed by atoms with Crippen LogP contribution >= 0.6 is 0 Å². The second-order valence-corrected chi connectivity index (χ2v) is 4.32. The lowest BCUT2D eigenvalue weighted by Crippen LogP contribution is -2.39. The topological polar surface area (TPSA) is 46.6 Å². The highest BCUT2D eigenvalue weighted by atomic mass is 16.5. The summed E-state index contributed by atoms with van der Waals surface area (Å²) in [4.78, 5) is 24.1. The van der Waals surface area contributed by atoms with E-state index in [0.29, 0.717) is 12.0 Å². The van der Waals surface area contributed by atoms with E-state index in [2.05, 4.69) is 4.74 Å². The molecule has 0 bridgehead atoms. The van der Waals surface area contributed by atoms with Gasteiger partial charge in [-0.2, -0.15) is 0 Å². The molecular formula is C10H15NO3. The van der Waals surface area contributed by atoms with Crippen LogP contribution in [0.5, 0.6) is 0 Å². The third-order valence-corrected chi connectivity index (χ3v) is 3.50. The third kappa shape index (κ3) is 1.38. The van der Waals surface area contributed by atoms with Gasteiger partial charge in [0.15, 0.2) is 0 Å². The summed E-state index contributed by atoms with van der Waals surface area (Å²) in [5.41, 5.74) is 0.351. The van der Waals surface area contributed by atoms with Crippen molar-refractivity contribution in [2.24, 2.45) is 5.41 Å². The molecule has 0 atom stereocenters. The Hall–Kier alpha value is -1.06. The molecule has 1 amide bonds. The fraction of sp³-hybridized carbons (Fsp3) is 0.800. The van der Waals surface area contributed by atoms with Gasteiger partial charge < -0.3 is 9.64 Å². The van der Waals surface area contributed by atoms with Crippen molar-refractivity contribution in [1.29, 1.82) is 0 Å². The number of likely N-dealkylation sites (tertiary alicyclic amines) is 1. The largest absolute Gasteiger partial charge is 0.462 e. The van der Waals surface area contributed by atoms with Crippen LogP contribution in [0.15, 0.2) is 0 Å². The molecule has 78 valence electrons. The molecule has 0 aromatic heterocycles. The van der Waals surface area contributed by atoms with Crippen molar-refractivity contribution in [2.45, 2.75) is 25.7 Å². The minimum absolute atomic E-state index is 0.351. The van der Waals surface area contributed by atoms with Gasteiger partial charge in [-0.25, -0.2) is 4.79 Å². The maximum Gasteiger partial charge on any atom is 0.396 e. The first-order valence-corrected chi connectivity index (χ1v) is 5.04. The van der Waals surface area contributed by atoms with E-state index in [1.54, 1.807) is 4.90 Å². The van der Waals surface area contributed by atoms with Gasteiger partial charge in [-0.1, -0.05) is 6.42 Å². The number of ether oxygens (including phenoxy) is 1. The summed E-state index contributed by atoms with van der Waals surface area (Å²) < 4.78 is 4.41. The van der Waals surface area contributed by atoms with Crippen LogP contribution in [0.4, 0.5) is 0 Å². The molecule has 0 N–H and O–H groups in total. The van der Waals surface area contributed by atoms with Gasteiger partial charge in [0, 0.05) is 13.1 Å². The Kier molecular flexibility index (Phi) is 2.21. The van der Waals surface area contributed by atoms with Gasteiger partial charge in [-0.15, -0.1) is 0 Å². The summed E-state index contributed by atoms with van der Waals surface area (Å²) in [7, 11) is 1.25. The average molecular weight is 197 g/mol. The van der Waals surface area contributed by atoms with E-state index in [9.17, 15) is 9.59 Å². The van der Waals surface area contributed by atoms with Gasteiger partial charge in [0.1, 0.15) is 0 Å². The van der Waals surface area contributed by atoms with Crippen molar-refractivity contribution in [2.75, 3.05) is 20.2 Å². The Morgan fingerprint density at radius 2 is 2.00 bits per heavy atom. The monoisotopic (exact) mass is 197 g/mol. The van der Waals surface area contributed by atoms with Crippen molar-refractivity contribution >= 4 is 11.9 Å². The summed E-state index contributed by atoms with van der Waals surface area (Å²) in [5, 5.41) is 0. The maximum atomic E-state index is 11.5. The van der Waals surface area contributed by atoms with Crippen LogP contribution in [-0.2, 0) is 14.3 Å². The van der Waals surface area contributed by atoms with Crippen molar-refractivity contribution in [1.82, 2.24) is 4.90 Å². The van der Waals surface area contributed by atoms with E-state index in [0.717, 1.165) is 13.0 Å². The van der Waals surface area contributed by atoms with Crippen LogP contribution in [-0.4, -0.2) is 37.0 Å². The molecule has 14 heavy (non-hydrogen) atoms. The number of hydrogen-bond donors (Lipinski definition) is 0. The Morgan fingerprint density at radius 3 is 2.43 bits per heavy atom. The minimum Gasteiger partial charge on any atom is -0.462 e. The fourth-order valence-electron chi connectivity index (χ4n) is 2.41. The van der Waals surface area contributed by atoms with Crippen LogP contribution in [0.25, 0.3) is 0 Å². The van der Waals surface area contributed by atoms with Gasteiger partial charge >= 0.3 is 11.9 Å². The lowest BCUT2D eigenvalue weighted by atomic mass is 9.68. The van der Waals surface area contributed by atoms with Crippen molar-refractivity contribution in [3.05, 3.63) is 0 Å². The summed E-state index contributed by atoms with van der Waals surface area (Å²) in [6.45, 7) is 1.47. The SMILES string of the molecule is COC(=O)C(=O)N1CCC2(CCC2)C1. The molecule has 1 aliphatic heterocycles. The average Bonchev–Trinajstić information content (AvgIpc) is 2.59. The summed E-state index contributed by atoms with van der Waals surface area (Å²) >= 11 is 0. The van der Waals surface area contributed by atoms with E-state index >= 15 is 0 Å². The van der Waals surface area contributed by atoms with Crippen LogP contribution in [0.2, 0.25) is 0 Å². The molecule has 2 aliphatic rings. The molecule has 4 nitrogen and oxygen atoms in total. The first-order chi connectivity index (χ1) is 6.67. The Balaban J connectivity index is 1.95. The van der Waals surface area contributed by atoms with E-state index in [-0.39, 0.29) is 0 Å². The van der Waals surface area contributed by atoms with Crippen LogP contribution in [0, 0.1) is 5.41 Å². The van der Waals surface area contributed by atoms with E-state index in [1.165, 1.54) is 26.4 Å². The van der Waals surface area contributed by atoms with Crippen molar-refractivity contribution in [3.63, 3.8) is 0 Å². The van der Waals surface area contributed by atoms with Gasteiger partial charge in [-0.3, -0.25) is 4.79 Å². The molecule has 4 heteroatoms. The second-order valence-electron chi connectivity index (χ2n) is 4.32. The van der Waals surface area contributed by atoms with Gasteiger partial charge in [-0.05, 0) is 24.7 Å². The number of rotatable bonds is 0. The van der Waals surface area contributed by atoms with Gasteiger partial charge in [0.2, 0.25) is 0 Å². The maximum absolute atomic E-state index is 11.5. The zero-order valence-electron chi connectivity index (χ0n) is 8.41. The zero-order chi connectivity index (χ0) is 10.2. The zero-order valence-corrected chi connectivity index (χ0v) is 8.41. The molecule has 2 fully saturated rings. The number of esters is 1. The molecule has 0 aromatic carbocycles. The van der Waals surface area contributed by atoms with Gasteiger partial charge in [0.25, 0.3) is 0 Å². The lowest BCUT2D eigenvalue weighted by molar-refractivity contribution is -0.157. The van der Waals surface area contributed by atoms with Gasteiger partial charge in [0.05, 0.1) is 7.11 Å². The molecule has 1 aliphatic carbocycles. The molecule has 1 saturated carbocycles. The molecule has 0 aromatic rings. The van der Waals surface area contributed by atoms with E-state index in [4.69, 9.17) is 0 Å². The van der Waals surface area contributed by atoms with Crippen molar-refractivity contribution < 1.29 is 14.3 Å². The summed E-state index contributed by atoms with van der Waals surface area (Å²) in [5.74, 6) is -1.21. The predicted molar refractivity (Wildman–Crippen MR) is 49.5 cm³/mol.